The quantitative estimate of drug-likeness (QED) is 0.875. The Balaban J connectivity index is 1.97. The van der Waals surface area contributed by atoms with Crippen LogP contribution in [0.3, 0.4) is 0 Å². The van der Waals surface area contributed by atoms with Crippen LogP contribution in [0.1, 0.15) is 30.6 Å². The van der Waals surface area contributed by atoms with Gasteiger partial charge < -0.3 is 10.0 Å². The van der Waals surface area contributed by atoms with Crippen LogP contribution in [0.5, 0.6) is 0 Å². The van der Waals surface area contributed by atoms with Crippen LogP contribution >= 0.6 is 0 Å². The van der Waals surface area contributed by atoms with Gasteiger partial charge in [0.05, 0.1) is 11.0 Å². The number of nitrogens with zero attached hydrogens (tertiary/aromatic N) is 2. The maximum atomic E-state index is 12.8. The molecule has 0 aromatic heterocycles. The number of rotatable bonds is 5. The van der Waals surface area contributed by atoms with Crippen LogP contribution in [0, 0.1) is 12.8 Å². The van der Waals surface area contributed by atoms with E-state index in [1.807, 2.05) is 49.1 Å². The summed E-state index contributed by atoms with van der Waals surface area (Å²) < 4.78 is 29.7. The van der Waals surface area contributed by atoms with Crippen LogP contribution in [-0.2, 0) is 10.0 Å². The van der Waals surface area contributed by atoms with E-state index in [1.54, 1.807) is 24.3 Å². The number of sulfonamides is 1. The molecule has 1 heterocycles. The minimum Gasteiger partial charge on any atom is -0.388 e. The first kappa shape index (κ1) is 18.6. The number of amidine groups is 1. The Morgan fingerprint density at radius 3 is 2.42 bits per heavy atom. The lowest BCUT2D eigenvalue weighted by Gasteiger charge is -2.22. The standard InChI is InChI=1S/C20H24N2O3S/c1-3-22-14-13-18(19(23)16-7-5-4-6-8-16)20(22)21-26(24,25)17-11-9-15(2)10-12-17/h4-12,18-19,23H,3,13-14H2,1-2H3/b21-20-/t18-,19+/m0/s1. The van der Waals surface area contributed by atoms with Crippen molar-refractivity contribution in [1.82, 2.24) is 4.90 Å². The Morgan fingerprint density at radius 2 is 1.81 bits per heavy atom. The highest BCUT2D eigenvalue weighted by atomic mass is 32.2. The maximum absolute atomic E-state index is 12.8. The molecule has 2 atom stereocenters. The van der Waals surface area contributed by atoms with Gasteiger partial charge >= 0.3 is 0 Å². The number of hydrogen-bond acceptors (Lipinski definition) is 3. The van der Waals surface area contributed by atoms with Crippen molar-refractivity contribution in [2.75, 3.05) is 13.1 Å². The van der Waals surface area contributed by atoms with E-state index in [0.717, 1.165) is 11.1 Å². The van der Waals surface area contributed by atoms with Crippen molar-refractivity contribution in [2.45, 2.75) is 31.3 Å². The number of aryl methyl sites for hydroxylation is 1. The smallest absolute Gasteiger partial charge is 0.283 e. The predicted octanol–water partition coefficient (Wildman–Crippen LogP) is 3.16. The van der Waals surface area contributed by atoms with Gasteiger partial charge in [-0.25, -0.2) is 0 Å². The van der Waals surface area contributed by atoms with Crippen LogP contribution in [-0.4, -0.2) is 37.3 Å². The van der Waals surface area contributed by atoms with E-state index in [2.05, 4.69) is 4.40 Å². The Labute approximate surface area is 155 Å². The molecule has 0 aliphatic carbocycles. The van der Waals surface area contributed by atoms with Crippen LogP contribution in [0.15, 0.2) is 63.9 Å². The molecule has 0 unspecified atom stereocenters. The molecule has 0 saturated carbocycles. The highest BCUT2D eigenvalue weighted by Gasteiger charge is 2.36. The molecule has 6 heteroatoms. The van der Waals surface area contributed by atoms with E-state index in [1.165, 1.54) is 0 Å². The third-order valence-corrected chi connectivity index (χ3v) is 6.10. The molecule has 2 aromatic rings. The zero-order chi connectivity index (χ0) is 18.7. The second kappa shape index (κ2) is 7.60. The van der Waals surface area contributed by atoms with Crippen LogP contribution < -0.4 is 0 Å². The van der Waals surface area contributed by atoms with Crippen molar-refractivity contribution in [3.05, 3.63) is 65.7 Å². The number of aliphatic hydroxyl groups excluding tert-OH is 1. The molecule has 0 bridgehead atoms. The molecule has 1 aliphatic heterocycles. The summed E-state index contributed by atoms with van der Waals surface area (Å²) in [7, 11) is -3.82. The van der Waals surface area contributed by atoms with Gasteiger partial charge in [-0.15, -0.1) is 4.40 Å². The van der Waals surface area contributed by atoms with Crippen LogP contribution in [0.2, 0.25) is 0 Å². The van der Waals surface area contributed by atoms with E-state index in [-0.39, 0.29) is 10.8 Å². The maximum Gasteiger partial charge on any atom is 0.283 e. The summed E-state index contributed by atoms with van der Waals surface area (Å²) in [4.78, 5) is 2.11. The fourth-order valence-corrected chi connectivity index (χ4v) is 4.37. The second-order valence-corrected chi connectivity index (χ2v) is 8.17. The Hall–Kier alpha value is -2.18. The van der Waals surface area contributed by atoms with Gasteiger partial charge in [0.2, 0.25) is 0 Å². The molecule has 0 amide bonds. The first-order valence-electron chi connectivity index (χ1n) is 8.82. The van der Waals surface area contributed by atoms with E-state index >= 15 is 0 Å². The molecule has 1 aliphatic rings. The minimum atomic E-state index is -3.82. The van der Waals surface area contributed by atoms with Gasteiger partial charge in [-0.1, -0.05) is 48.0 Å². The SMILES string of the molecule is CCN1CC[C@@H]([C@H](O)c2ccccc2)/C1=N/S(=O)(=O)c1ccc(C)cc1. The van der Waals surface area contributed by atoms with Crippen molar-refractivity contribution >= 4 is 15.9 Å². The molecule has 5 nitrogen and oxygen atoms in total. The van der Waals surface area contributed by atoms with Gasteiger partial charge in [-0.3, -0.25) is 0 Å². The Bertz CT molecular complexity index is 877. The molecule has 1 fully saturated rings. The largest absolute Gasteiger partial charge is 0.388 e. The van der Waals surface area contributed by atoms with E-state index in [4.69, 9.17) is 0 Å². The topological polar surface area (TPSA) is 70.0 Å². The normalized spacial score (nSPS) is 20.5. The summed E-state index contributed by atoms with van der Waals surface area (Å²) in [6.45, 7) is 5.21. The molecule has 0 radical (unpaired) electrons. The third-order valence-electron chi connectivity index (χ3n) is 4.80. The molecule has 2 aromatic carbocycles. The van der Waals surface area contributed by atoms with Gasteiger partial charge in [0.1, 0.15) is 5.84 Å². The zero-order valence-electron chi connectivity index (χ0n) is 15.0. The van der Waals surface area contributed by atoms with Gasteiger partial charge in [0.15, 0.2) is 0 Å². The molecule has 26 heavy (non-hydrogen) atoms. The van der Waals surface area contributed by atoms with E-state index in [0.29, 0.717) is 25.3 Å². The fourth-order valence-electron chi connectivity index (χ4n) is 3.29. The van der Waals surface area contributed by atoms with Gasteiger partial charge in [-0.05, 0) is 38.0 Å². The number of hydrogen-bond donors (Lipinski definition) is 1. The average Bonchev–Trinajstić information content (AvgIpc) is 3.04. The molecule has 138 valence electrons. The van der Waals surface area contributed by atoms with Crippen molar-refractivity contribution in [3.63, 3.8) is 0 Å². The molecule has 0 spiro atoms. The van der Waals surface area contributed by atoms with Crippen molar-refractivity contribution < 1.29 is 13.5 Å². The Morgan fingerprint density at radius 1 is 1.15 bits per heavy atom. The Kier molecular flexibility index (Phi) is 5.44. The second-order valence-electron chi connectivity index (χ2n) is 6.57. The van der Waals surface area contributed by atoms with Gasteiger partial charge in [0.25, 0.3) is 10.0 Å². The van der Waals surface area contributed by atoms with Crippen LogP contribution in [0.4, 0.5) is 0 Å². The summed E-state index contributed by atoms with van der Waals surface area (Å²) in [5.41, 5.74) is 1.76. The van der Waals surface area contributed by atoms with Crippen LogP contribution in [0.25, 0.3) is 0 Å². The third kappa shape index (κ3) is 3.81. The monoisotopic (exact) mass is 372 g/mol. The molecular weight excluding hydrogens is 348 g/mol. The highest BCUT2D eigenvalue weighted by molar-refractivity contribution is 7.90. The number of likely N-dealkylation sites (tertiary alicyclic amines) is 1. The number of benzene rings is 2. The summed E-state index contributed by atoms with van der Waals surface area (Å²) >= 11 is 0. The molecular formula is C20H24N2O3S. The lowest BCUT2D eigenvalue weighted by molar-refractivity contribution is 0.141. The van der Waals surface area contributed by atoms with E-state index < -0.39 is 16.1 Å². The van der Waals surface area contributed by atoms with Crippen molar-refractivity contribution in [2.24, 2.45) is 10.3 Å². The van der Waals surface area contributed by atoms with Crippen molar-refractivity contribution in [3.8, 4) is 0 Å². The fraction of sp³-hybridized carbons (Fsp3) is 0.350. The molecule has 3 rings (SSSR count). The zero-order valence-corrected chi connectivity index (χ0v) is 15.9. The first-order chi connectivity index (χ1) is 12.4. The van der Waals surface area contributed by atoms with Crippen molar-refractivity contribution in [1.29, 1.82) is 0 Å². The van der Waals surface area contributed by atoms with E-state index in [9.17, 15) is 13.5 Å². The lowest BCUT2D eigenvalue weighted by Crippen LogP contribution is -2.30. The summed E-state index contributed by atoms with van der Waals surface area (Å²) in [5, 5.41) is 10.8. The predicted molar refractivity (Wildman–Crippen MR) is 103 cm³/mol. The summed E-state index contributed by atoms with van der Waals surface area (Å²) in [6, 6.07) is 16.0. The van der Waals surface area contributed by atoms with Gasteiger partial charge in [0, 0.05) is 19.0 Å². The average molecular weight is 372 g/mol. The minimum absolute atomic E-state index is 0.173. The molecule has 1 saturated heterocycles. The van der Waals surface area contributed by atoms with Gasteiger partial charge in [-0.2, -0.15) is 8.42 Å². The first-order valence-corrected chi connectivity index (χ1v) is 10.3. The summed E-state index contributed by atoms with van der Waals surface area (Å²) in [6.07, 6.45) is -0.105. The summed E-state index contributed by atoms with van der Waals surface area (Å²) in [5.74, 6) is 0.113. The number of aliphatic hydroxyl groups is 1. The highest BCUT2D eigenvalue weighted by Crippen LogP contribution is 2.33. The molecule has 1 N–H and O–H groups in total. The lowest BCUT2D eigenvalue weighted by atomic mass is 9.94.